The first kappa shape index (κ1) is 17.2. The Kier molecular flexibility index (Phi) is 3.87. The number of pyridine rings is 1. The lowest BCUT2D eigenvalue weighted by Gasteiger charge is -2.18. The summed E-state index contributed by atoms with van der Waals surface area (Å²) in [5.74, 6) is 0.617. The largest absolute Gasteiger partial charge is 0.362 e. The maximum Gasteiger partial charge on any atom is 0.274 e. The van der Waals surface area contributed by atoms with Crippen LogP contribution in [0.1, 0.15) is 37.4 Å². The minimum absolute atomic E-state index is 0.00666. The normalized spacial score (nSPS) is 15.2. The lowest BCUT2D eigenvalue weighted by atomic mass is 10.0. The Labute approximate surface area is 165 Å². The Balaban J connectivity index is 1.65. The molecule has 28 heavy (non-hydrogen) atoms. The molecule has 1 aliphatic carbocycles. The molecule has 3 heterocycles. The van der Waals surface area contributed by atoms with Crippen molar-refractivity contribution in [2.45, 2.75) is 31.8 Å². The zero-order valence-electron chi connectivity index (χ0n) is 15.7. The van der Waals surface area contributed by atoms with Gasteiger partial charge in [0.15, 0.2) is 5.82 Å². The number of anilines is 1. The lowest BCUT2D eigenvalue weighted by Crippen LogP contribution is -2.26. The van der Waals surface area contributed by atoms with E-state index >= 15 is 0 Å². The molecular weight excluding hydrogens is 372 g/mol. The second-order valence-corrected chi connectivity index (χ2v) is 8.35. The number of thiophene rings is 1. The van der Waals surface area contributed by atoms with Gasteiger partial charge in [0.2, 0.25) is 0 Å². The summed E-state index contributed by atoms with van der Waals surface area (Å²) in [6.07, 6.45) is 3.80. The molecule has 0 aliphatic heterocycles. The molecule has 3 aromatic heterocycles. The van der Waals surface area contributed by atoms with E-state index in [9.17, 15) is 9.59 Å². The summed E-state index contributed by atoms with van der Waals surface area (Å²) >= 11 is 1.72. The second-order valence-electron chi connectivity index (χ2n) is 7.40. The van der Waals surface area contributed by atoms with E-state index in [-0.39, 0.29) is 23.2 Å². The molecule has 0 bridgehead atoms. The molecule has 6 nitrogen and oxygen atoms in total. The van der Waals surface area contributed by atoms with Gasteiger partial charge in [-0.15, -0.1) is 11.3 Å². The SMILES string of the molecule is C[C@@H](Nc1nn(C)c(=O)c2cc(=O)n(C3CC3)cc12)c1cccc2sccc12. The van der Waals surface area contributed by atoms with Gasteiger partial charge in [-0.2, -0.15) is 5.10 Å². The first-order valence-electron chi connectivity index (χ1n) is 9.39. The van der Waals surface area contributed by atoms with Crippen LogP contribution in [0.3, 0.4) is 0 Å². The fourth-order valence-corrected chi connectivity index (χ4v) is 4.58. The highest BCUT2D eigenvalue weighted by Crippen LogP contribution is 2.35. The molecule has 0 saturated heterocycles. The van der Waals surface area contributed by atoms with E-state index in [1.807, 2.05) is 0 Å². The van der Waals surface area contributed by atoms with Crippen molar-refractivity contribution in [1.82, 2.24) is 14.3 Å². The van der Waals surface area contributed by atoms with Crippen molar-refractivity contribution in [1.29, 1.82) is 0 Å². The maximum atomic E-state index is 12.6. The van der Waals surface area contributed by atoms with Gasteiger partial charge in [-0.25, -0.2) is 4.68 Å². The average molecular weight is 392 g/mol. The first-order chi connectivity index (χ1) is 13.5. The van der Waals surface area contributed by atoms with Crippen LogP contribution in [0.2, 0.25) is 0 Å². The van der Waals surface area contributed by atoms with Gasteiger partial charge in [0.25, 0.3) is 11.1 Å². The fraction of sp³-hybridized carbons (Fsp3) is 0.286. The molecule has 142 valence electrons. The Bertz CT molecular complexity index is 1330. The van der Waals surface area contributed by atoms with Gasteiger partial charge >= 0.3 is 0 Å². The summed E-state index contributed by atoms with van der Waals surface area (Å²) in [7, 11) is 1.61. The van der Waals surface area contributed by atoms with Crippen LogP contribution in [0, 0.1) is 0 Å². The molecule has 4 aromatic rings. The topological polar surface area (TPSA) is 68.9 Å². The van der Waals surface area contributed by atoms with Crippen LogP contribution in [0.5, 0.6) is 0 Å². The summed E-state index contributed by atoms with van der Waals surface area (Å²) in [6, 6.07) is 10.1. The molecule has 1 saturated carbocycles. The van der Waals surface area contributed by atoms with Gasteiger partial charge in [0, 0.05) is 35.4 Å². The average Bonchev–Trinajstić information content (AvgIpc) is 3.41. The lowest BCUT2D eigenvalue weighted by molar-refractivity contribution is 0.698. The molecule has 0 spiro atoms. The Morgan fingerprint density at radius 3 is 2.79 bits per heavy atom. The highest BCUT2D eigenvalue weighted by atomic mass is 32.1. The van der Waals surface area contributed by atoms with E-state index in [4.69, 9.17) is 0 Å². The molecule has 0 unspecified atom stereocenters. The van der Waals surface area contributed by atoms with Crippen LogP contribution in [-0.4, -0.2) is 14.3 Å². The van der Waals surface area contributed by atoms with E-state index in [0.717, 1.165) is 12.8 Å². The highest BCUT2D eigenvalue weighted by molar-refractivity contribution is 7.17. The third kappa shape index (κ3) is 2.74. The third-order valence-electron chi connectivity index (χ3n) is 5.40. The van der Waals surface area contributed by atoms with Crippen molar-refractivity contribution in [2.24, 2.45) is 7.05 Å². The van der Waals surface area contributed by atoms with Gasteiger partial charge in [0.1, 0.15) is 0 Å². The van der Waals surface area contributed by atoms with E-state index < -0.39 is 0 Å². The van der Waals surface area contributed by atoms with Crippen molar-refractivity contribution < 1.29 is 0 Å². The minimum Gasteiger partial charge on any atom is -0.362 e. The molecule has 5 rings (SSSR count). The molecular formula is C21H20N4O2S. The zero-order chi connectivity index (χ0) is 19.4. The number of nitrogens with zero attached hydrogens (tertiary/aromatic N) is 3. The zero-order valence-corrected chi connectivity index (χ0v) is 16.5. The summed E-state index contributed by atoms with van der Waals surface area (Å²) in [6.45, 7) is 2.09. The van der Waals surface area contributed by atoms with E-state index in [2.05, 4.69) is 47.0 Å². The van der Waals surface area contributed by atoms with Crippen molar-refractivity contribution in [3.05, 3.63) is 68.2 Å². The number of benzene rings is 1. The molecule has 1 fully saturated rings. The molecule has 0 amide bonds. The Morgan fingerprint density at radius 1 is 1.18 bits per heavy atom. The van der Waals surface area contributed by atoms with Crippen LogP contribution < -0.4 is 16.4 Å². The van der Waals surface area contributed by atoms with E-state index in [1.165, 1.54) is 26.4 Å². The predicted molar refractivity (Wildman–Crippen MR) is 113 cm³/mol. The van der Waals surface area contributed by atoms with Gasteiger partial charge in [-0.3, -0.25) is 9.59 Å². The van der Waals surface area contributed by atoms with Crippen molar-refractivity contribution in [2.75, 3.05) is 5.32 Å². The van der Waals surface area contributed by atoms with Gasteiger partial charge in [-0.1, -0.05) is 12.1 Å². The predicted octanol–water partition coefficient (Wildman–Crippen LogP) is 3.82. The maximum absolute atomic E-state index is 12.6. The Hall–Kier alpha value is -2.93. The van der Waals surface area contributed by atoms with Gasteiger partial charge < -0.3 is 9.88 Å². The van der Waals surface area contributed by atoms with Gasteiger partial charge in [0.05, 0.1) is 11.4 Å². The number of rotatable bonds is 4. The number of hydrogen-bond acceptors (Lipinski definition) is 5. The number of hydrogen-bond donors (Lipinski definition) is 1. The Morgan fingerprint density at radius 2 is 2.00 bits per heavy atom. The van der Waals surface area contributed by atoms with Crippen LogP contribution >= 0.6 is 11.3 Å². The molecule has 1 aromatic carbocycles. The fourth-order valence-electron chi connectivity index (χ4n) is 3.76. The summed E-state index contributed by atoms with van der Waals surface area (Å²) < 4.78 is 4.27. The summed E-state index contributed by atoms with van der Waals surface area (Å²) in [4.78, 5) is 25.0. The number of aromatic nitrogens is 3. The van der Waals surface area contributed by atoms with Crippen LogP contribution in [-0.2, 0) is 7.05 Å². The van der Waals surface area contributed by atoms with Gasteiger partial charge in [-0.05, 0) is 48.2 Å². The number of fused-ring (bicyclic) bond motifs is 2. The number of nitrogens with one attached hydrogen (secondary N) is 1. The summed E-state index contributed by atoms with van der Waals surface area (Å²) in [5.41, 5.74) is 0.798. The quantitative estimate of drug-likeness (QED) is 0.573. The third-order valence-corrected chi connectivity index (χ3v) is 6.28. The van der Waals surface area contributed by atoms with E-state index in [0.29, 0.717) is 16.6 Å². The number of aryl methyl sites for hydroxylation is 1. The summed E-state index contributed by atoms with van der Waals surface area (Å²) in [5, 5.41) is 12.4. The molecule has 1 N–H and O–H groups in total. The van der Waals surface area contributed by atoms with Crippen LogP contribution in [0.15, 0.2) is 51.5 Å². The molecule has 0 radical (unpaired) electrons. The minimum atomic E-state index is -0.256. The van der Waals surface area contributed by atoms with Crippen molar-refractivity contribution >= 4 is 38.0 Å². The second kappa shape index (κ2) is 6.31. The molecule has 1 aliphatic rings. The molecule has 1 atom stereocenters. The van der Waals surface area contributed by atoms with Crippen LogP contribution in [0.25, 0.3) is 20.9 Å². The van der Waals surface area contributed by atoms with Crippen molar-refractivity contribution in [3.63, 3.8) is 0 Å². The van der Waals surface area contributed by atoms with Crippen LogP contribution in [0.4, 0.5) is 5.82 Å². The standard InChI is InChI=1S/C21H20N4O2S/c1-12(14-4-3-5-18-15(14)8-9-28-18)22-20-17-11-25(13-6-7-13)19(26)10-16(17)21(27)24(2)23-20/h3-5,8-13H,6-7H2,1-2H3,(H,22,23)/t12-/m1/s1. The highest BCUT2D eigenvalue weighted by Gasteiger charge is 2.25. The first-order valence-corrected chi connectivity index (χ1v) is 10.3. The smallest absolute Gasteiger partial charge is 0.274 e. The molecule has 7 heteroatoms. The monoisotopic (exact) mass is 392 g/mol. The van der Waals surface area contributed by atoms with E-state index in [1.54, 1.807) is 29.1 Å². The van der Waals surface area contributed by atoms with Crippen molar-refractivity contribution in [3.8, 4) is 0 Å².